The molecule has 0 spiro atoms. The van der Waals surface area contributed by atoms with Gasteiger partial charge < -0.3 is 9.47 Å². The van der Waals surface area contributed by atoms with Gasteiger partial charge in [-0.2, -0.15) is 0 Å². The smallest absolute Gasteiger partial charge is 0.0716 e. The molecule has 1 heterocycles. The Balaban J connectivity index is 2.52. The third-order valence-corrected chi connectivity index (χ3v) is 3.22. The third kappa shape index (κ3) is 3.44. The molecular formula is C12H25NO2. The Kier molecular flexibility index (Phi) is 3.80. The summed E-state index contributed by atoms with van der Waals surface area (Å²) in [5.74, 6) is 0. The van der Waals surface area contributed by atoms with E-state index in [1.807, 2.05) is 0 Å². The van der Waals surface area contributed by atoms with Gasteiger partial charge in [-0.05, 0) is 41.2 Å². The molecule has 90 valence electrons. The zero-order valence-electron chi connectivity index (χ0n) is 11.0. The first-order valence-corrected chi connectivity index (χ1v) is 5.65. The first kappa shape index (κ1) is 12.9. The zero-order chi connectivity index (χ0) is 11.7. The molecule has 15 heavy (non-hydrogen) atoms. The third-order valence-electron chi connectivity index (χ3n) is 3.22. The number of ether oxygens (including phenoxy) is 2. The highest BCUT2D eigenvalue weighted by Gasteiger charge is 2.40. The minimum atomic E-state index is -0.0605. The lowest BCUT2D eigenvalue weighted by Crippen LogP contribution is -2.44. The topological polar surface area (TPSA) is 21.7 Å². The second kappa shape index (κ2) is 4.40. The van der Waals surface area contributed by atoms with E-state index in [0.29, 0.717) is 6.10 Å². The average molecular weight is 215 g/mol. The van der Waals surface area contributed by atoms with Crippen LogP contribution in [0.2, 0.25) is 0 Å². The number of likely N-dealkylation sites (N-methyl/N-ethyl adjacent to an activating group) is 1. The zero-order valence-corrected chi connectivity index (χ0v) is 11.0. The molecule has 0 amide bonds. The molecule has 0 aromatic rings. The summed E-state index contributed by atoms with van der Waals surface area (Å²) in [7, 11) is 3.93. The van der Waals surface area contributed by atoms with Gasteiger partial charge in [-0.3, -0.25) is 4.90 Å². The first-order chi connectivity index (χ1) is 6.77. The molecule has 0 saturated carbocycles. The van der Waals surface area contributed by atoms with E-state index in [0.717, 1.165) is 19.6 Å². The molecular weight excluding hydrogens is 190 g/mol. The van der Waals surface area contributed by atoms with Crippen LogP contribution in [0.4, 0.5) is 0 Å². The number of rotatable bonds is 3. The fourth-order valence-electron chi connectivity index (χ4n) is 1.94. The average Bonchev–Trinajstić information content (AvgIpc) is 2.39. The first-order valence-electron chi connectivity index (χ1n) is 5.65. The summed E-state index contributed by atoms with van der Waals surface area (Å²) in [5.41, 5.74) is 0.0585. The molecule has 0 aromatic heterocycles. The van der Waals surface area contributed by atoms with E-state index in [4.69, 9.17) is 9.47 Å². The van der Waals surface area contributed by atoms with Gasteiger partial charge >= 0.3 is 0 Å². The highest BCUT2D eigenvalue weighted by atomic mass is 16.5. The van der Waals surface area contributed by atoms with Crippen molar-refractivity contribution < 1.29 is 9.47 Å². The summed E-state index contributed by atoms with van der Waals surface area (Å²) >= 11 is 0. The van der Waals surface area contributed by atoms with Gasteiger partial charge in [0, 0.05) is 19.2 Å². The molecule has 0 aliphatic carbocycles. The minimum absolute atomic E-state index is 0.0605. The van der Waals surface area contributed by atoms with Crippen LogP contribution in [0.25, 0.3) is 0 Å². The predicted octanol–water partition coefficient (Wildman–Crippen LogP) is 1.91. The predicted molar refractivity (Wildman–Crippen MR) is 62.2 cm³/mol. The summed E-state index contributed by atoms with van der Waals surface area (Å²) < 4.78 is 11.3. The van der Waals surface area contributed by atoms with Crippen LogP contribution in [0, 0.1) is 0 Å². The number of hydrogen-bond donors (Lipinski definition) is 0. The standard InChI is InChI=1S/C12H25NO2/c1-11(2,3)15-9-12(4)7-10(14-6)8-13(12)5/h10H,7-9H2,1-6H3/t10-,12-/m1/s1. The van der Waals surface area contributed by atoms with E-state index in [1.165, 1.54) is 0 Å². The second-order valence-corrected chi connectivity index (χ2v) is 5.84. The van der Waals surface area contributed by atoms with Gasteiger partial charge in [-0.15, -0.1) is 0 Å². The lowest BCUT2D eigenvalue weighted by atomic mass is 9.99. The number of likely N-dealkylation sites (tertiary alicyclic amines) is 1. The van der Waals surface area contributed by atoms with Crippen molar-refractivity contribution in [3.8, 4) is 0 Å². The molecule has 1 aliphatic heterocycles. The maximum atomic E-state index is 5.88. The van der Waals surface area contributed by atoms with Gasteiger partial charge in [0.05, 0.1) is 18.3 Å². The summed E-state index contributed by atoms with van der Waals surface area (Å²) in [6.45, 7) is 10.3. The molecule has 1 aliphatic rings. The van der Waals surface area contributed by atoms with Crippen molar-refractivity contribution >= 4 is 0 Å². The highest BCUT2D eigenvalue weighted by molar-refractivity contribution is 4.95. The van der Waals surface area contributed by atoms with Crippen LogP contribution in [0.1, 0.15) is 34.1 Å². The molecule has 0 N–H and O–H groups in total. The van der Waals surface area contributed by atoms with Crippen molar-refractivity contribution in [2.24, 2.45) is 0 Å². The summed E-state index contributed by atoms with van der Waals surface area (Å²) in [6, 6.07) is 0. The molecule has 1 saturated heterocycles. The second-order valence-electron chi connectivity index (χ2n) is 5.84. The molecule has 0 aromatic carbocycles. The molecule has 3 nitrogen and oxygen atoms in total. The van der Waals surface area contributed by atoms with E-state index in [1.54, 1.807) is 7.11 Å². The van der Waals surface area contributed by atoms with Gasteiger partial charge in [0.2, 0.25) is 0 Å². The minimum Gasteiger partial charge on any atom is -0.380 e. The molecule has 0 bridgehead atoms. The summed E-state index contributed by atoms with van der Waals surface area (Å²) in [5, 5.41) is 0. The lowest BCUT2D eigenvalue weighted by molar-refractivity contribution is -0.0524. The van der Waals surface area contributed by atoms with Crippen LogP contribution >= 0.6 is 0 Å². The fraction of sp³-hybridized carbons (Fsp3) is 1.00. The van der Waals surface area contributed by atoms with E-state index in [2.05, 4.69) is 39.6 Å². The largest absolute Gasteiger partial charge is 0.380 e. The Bertz CT molecular complexity index is 212. The van der Waals surface area contributed by atoms with Crippen LogP contribution in [0.15, 0.2) is 0 Å². The van der Waals surface area contributed by atoms with Crippen molar-refractivity contribution in [1.82, 2.24) is 4.90 Å². The van der Waals surface area contributed by atoms with Crippen molar-refractivity contribution in [2.75, 3.05) is 27.3 Å². The van der Waals surface area contributed by atoms with E-state index in [-0.39, 0.29) is 11.1 Å². The molecule has 0 radical (unpaired) electrons. The van der Waals surface area contributed by atoms with Gasteiger partial charge in [-0.1, -0.05) is 0 Å². The quantitative estimate of drug-likeness (QED) is 0.718. The van der Waals surface area contributed by atoms with Crippen LogP contribution in [-0.2, 0) is 9.47 Å². The van der Waals surface area contributed by atoms with E-state index < -0.39 is 0 Å². The van der Waals surface area contributed by atoms with E-state index in [9.17, 15) is 0 Å². The normalized spacial score (nSPS) is 33.6. The maximum Gasteiger partial charge on any atom is 0.0716 e. The van der Waals surface area contributed by atoms with Crippen LogP contribution in [-0.4, -0.2) is 49.5 Å². The van der Waals surface area contributed by atoms with Crippen LogP contribution in [0.3, 0.4) is 0 Å². The Morgan fingerprint density at radius 1 is 1.40 bits per heavy atom. The molecule has 3 heteroatoms. The summed E-state index contributed by atoms with van der Waals surface area (Å²) in [4.78, 5) is 2.34. The van der Waals surface area contributed by atoms with Crippen molar-refractivity contribution in [1.29, 1.82) is 0 Å². The molecule has 2 atom stereocenters. The molecule has 1 rings (SSSR count). The van der Waals surface area contributed by atoms with Crippen molar-refractivity contribution in [2.45, 2.75) is 51.4 Å². The van der Waals surface area contributed by atoms with Crippen LogP contribution < -0.4 is 0 Å². The summed E-state index contributed by atoms with van der Waals surface area (Å²) in [6.07, 6.45) is 1.40. The fourth-order valence-corrected chi connectivity index (χ4v) is 1.94. The van der Waals surface area contributed by atoms with Gasteiger partial charge in [0.15, 0.2) is 0 Å². The maximum absolute atomic E-state index is 5.88. The number of hydrogen-bond acceptors (Lipinski definition) is 3. The number of nitrogens with zero attached hydrogens (tertiary/aromatic N) is 1. The Morgan fingerprint density at radius 3 is 2.40 bits per heavy atom. The van der Waals surface area contributed by atoms with Crippen molar-refractivity contribution in [3.05, 3.63) is 0 Å². The SMILES string of the molecule is CO[C@H]1CN(C)[C@@](C)(COC(C)(C)C)C1. The number of methoxy groups -OCH3 is 1. The molecule has 1 fully saturated rings. The van der Waals surface area contributed by atoms with E-state index >= 15 is 0 Å². The Hall–Kier alpha value is -0.120. The Labute approximate surface area is 93.7 Å². The van der Waals surface area contributed by atoms with Crippen LogP contribution in [0.5, 0.6) is 0 Å². The highest BCUT2D eigenvalue weighted by Crippen LogP contribution is 2.30. The van der Waals surface area contributed by atoms with Crippen molar-refractivity contribution in [3.63, 3.8) is 0 Å². The van der Waals surface area contributed by atoms with Gasteiger partial charge in [0.1, 0.15) is 0 Å². The monoisotopic (exact) mass is 215 g/mol. The van der Waals surface area contributed by atoms with Gasteiger partial charge in [0.25, 0.3) is 0 Å². The molecule has 0 unspecified atom stereocenters. The Morgan fingerprint density at radius 2 is 2.00 bits per heavy atom. The van der Waals surface area contributed by atoms with Gasteiger partial charge in [-0.25, -0.2) is 0 Å². The lowest BCUT2D eigenvalue weighted by Gasteiger charge is -2.34.